The SMILES string of the molecule is CC1COC(CO)CN1Cc1cccc(-c2cccnc2)c1. The van der Waals surface area contributed by atoms with E-state index in [-0.39, 0.29) is 12.7 Å². The van der Waals surface area contributed by atoms with Crippen LogP contribution in [-0.4, -0.2) is 46.9 Å². The van der Waals surface area contributed by atoms with Crippen molar-refractivity contribution in [2.75, 3.05) is 19.8 Å². The van der Waals surface area contributed by atoms with Crippen LogP contribution in [0, 0.1) is 0 Å². The Bertz CT molecular complexity index is 603. The second-order valence-electron chi connectivity index (χ2n) is 5.86. The first-order valence-corrected chi connectivity index (χ1v) is 7.72. The van der Waals surface area contributed by atoms with Crippen LogP contribution < -0.4 is 0 Å². The van der Waals surface area contributed by atoms with Gasteiger partial charge in [-0.15, -0.1) is 0 Å². The molecule has 1 aromatic carbocycles. The Balaban J connectivity index is 1.75. The van der Waals surface area contributed by atoms with E-state index >= 15 is 0 Å². The highest BCUT2D eigenvalue weighted by Crippen LogP contribution is 2.21. The normalized spacial score (nSPS) is 22.6. The topological polar surface area (TPSA) is 45.6 Å². The third-order valence-corrected chi connectivity index (χ3v) is 4.15. The molecule has 2 atom stereocenters. The molecular weight excluding hydrogens is 276 g/mol. The maximum Gasteiger partial charge on any atom is 0.0933 e. The van der Waals surface area contributed by atoms with Gasteiger partial charge in [-0.05, 0) is 35.7 Å². The summed E-state index contributed by atoms with van der Waals surface area (Å²) in [6.45, 7) is 4.56. The monoisotopic (exact) mass is 298 g/mol. The van der Waals surface area contributed by atoms with Gasteiger partial charge in [-0.25, -0.2) is 0 Å². The van der Waals surface area contributed by atoms with Gasteiger partial charge in [0.05, 0.1) is 19.3 Å². The molecule has 0 radical (unpaired) electrons. The fourth-order valence-electron chi connectivity index (χ4n) is 2.82. The van der Waals surface area contributed by atoms with Crippen LogP contribution in [0.2, 0.25) is 0 Å². The molecule has 2 unspecified atom stereocenters. The first-order chi connectivity index (χ1) is 10.8. The van der Waals surface area contributed by atoms with Crippen molar-refractivity contribution in [3.63, 3.8) is 0 Å². The maximum atomic E-state index is 9.30. The molecule has 1 aromatic heterocycles. The molecule has 22 heavy (non-hydrogen) atoms. The predicted octanol–water partition coefficient (Wildman–Crippen LogP) is 2.33. The highest BCUT2D eigenvalue weighted by molar-refractivity contribution is 5.62. The summed E-state index contributed by atoms with van der Waals surface area (Å²) in [5, 5.41) is 9.30. The molecule has 1 fully saturated rings. The number of aromatic nitrogens is 1. The molecule has 1 saturated heterocycles. The lowest BCUT2D eigenvalue weighted by molar-refractivity contribution is -0.0805. The lowest BCUT2D eigenvalue weighted by Gasteiger charge is -2.37. The zero-order chi connectivity index (χ0) is 15.4. The standard InChI is InChI=1S/C18H22N2O2/c1-14-13-22-18(12-21)11-20(14)10-15-4-2-5-16(8-15)17-6-3-7-19-9-17/h2-9,14,18,21H,10-13H2,1H3. The fourth-order valence-corrected chi connectivity index (χ4v) is 2.82. The molecule has 4 heteroatoms. The Kier molecular flexibility index (Phi) is 4.83. The average Bonchev–Trinajstić information content (AvgIpc) is 2.58. The van der Waals surface area contributed by atoms with Gasteiger partial charge in [-0.2, -0.15) is 0 Å². The zero-order valence-electron chi connectivity index (χ0n) is 12.9. The molecule has 4 nitrogen and oxygen atoms in total. The molecule has 116 valence electrons. The number of nitrogens with zero attached hydrogens (tertiary/aromatic N) is 2. The van der Waals surface area contributed by atoms with Gasteiger partial charge in [-0.1, -0.05) is 24.3 Å². The number of aliphatic hydroxyl groups is 1. The van der Waals surface area contributed by atoms with E-state index < -0.39 is 0 Å². The third-order valence-electron chi connectivity index (χ3n) is 4.15. The molecular formula is C18H22N2O2. The quantitative estimate of drug-likeness (QED) is 0.941. The lowest BCUT2D eigenvalue weighted by Crippen LogP contribution is -2.48. The Morgan fingerprint density at radius 3 is 2.91 bits per heavy atom. The van der Waals surface area contributed by atoms with E-state index in [4.69, 9.17) is 4.74 Å². The molecule has 0 aliphatic carbocycles. The number of rotatable bonds is 4. The van der Waals surface area contributed by atoms with Gasteiger partial charge < -0.3 is 9.84 Å². The zero-order valence-corrected chi connectivity index (χ0v) is 12.9. The van der Waals surface area contributed by atoms with Crippen molar-refractivity contribution in [1.29, 1.82) is 0 Å². The van der Waals surface area contributed by atoms with Crippen molar-refractivity contribution in [2.45, 2.75) is 25.6 Å². The summed E-state index contributed by atoms with van der Waals surface area (Å²) < 4.78 is 5.60. The summed E-state index contributed by atoms with van der Waals surface area (Å²) in [6, 6.07) is 13.0. The molecule has 0 saturated carbocycles. The number of hydrogen-bond acceptors (Lipinski definition) is 4. The first kappa shape index (κ1) is 15.2. The van der Waals surface area contributed by atoms with Crippen LogP contribution >= 0.6 is 0 Å². The maximum absolute atomic E-state index is 9.30. The van der Waals surface area contributed by atoms with Gasteiger partial charge in [0.2, 0.25) is 0 Å². The van der Waals surface area contributed by atoms with E-state index in [9.17, 15) is 5.11 Å². The summed E-state index contributed by atoms with van der Waals surface area (Å²) in [6.07, 6.45) is 3.61. The minimum Gasteiger partial charge on any atom is -0.394 e. The van der Waals surface area contributed by atoms with Gasteiger partial charge in [-0.3, -0.25) is 9.88 Å². The number of benzene rings is 1. The Morgan fingerprint density at radius 1 is 1.27 bits per heavy atom. The van der Waals surface area contributed by atoms with Gasteiger partial charge in [0.25, 0.3) is 0 Å². The highest BCUT2D eigenvalue weighted by atomic mass is 16.5. The average molecular weight is 298 g/mol. The summed E-state index contributed by atoms with van der Waals surface area (Å²) in [4.78, 5) is 6.55. The van der Waals surface area contributed by atoms with Gasteiger partial charge in [0, 0.05) is 31.5 Å². The first-order valence-electron chi connectivity index (χ1n) is 7.72. The van der Waals surface area contributed by atoms with Crippen LogP contribution in [0.25, 0.3) is 11.1 Å². The van der Waals surface area contributed by atoms with Crippen LogP contribution in [0.15, 0.2) is 48.8 Å². The third kappa shape index (κ3) is 3.53. The van der Waals surface area contributed by atoms with E-state index in [1.165, 1.54) is 11.1 Å². The van der Waals surface area contributed by atoms with Crippen molar-refractivity contribution in [2.24, 2.45) is 0 Å². The number of morpholine rings is 1. The van der Waals surface area contributed by atoms with Crippen LogP contribution in [-0.2, 0) is 11.3 Å². The summed E-state index contributed by atoms with van der Waals surface area (Å²) in [5.41, 5.74) is 3.59. The minimum absolute atomic E-state index is 0.0716. The van der Waals surface area contributed by atoms with Crippen LogP contribution in [0.1, 0.15) is 12.5 Å². The molecule has 2 heterocycles. The predicted molar refractivity (Wildman–Crippen MR) is 86.4 cm³/mol. The largest absolute Gasteiger partial charge is 0.394 e. The lowest BCUT2D eigenvalue weighted by atomic mass is 10.0. The number of aliphatic hydroxyl groups excluding tert-OH is 1. The Morgan fingerprint density at radius 2 is 2.14 bits per heavy atom. The van der Waals surface area contributed by atoms with Crippen molar-refractivity contribution < 1.29 is 9.84 Å². The van der Waals surface area contributed by atoms with Crippen LogP contribution in [0.3, 0.4) is 0 Å². The Labute approximate surface area is 131 Å². The van der Waals surface area contributed by atoms with Crippen LogP contribution in [0.5, 0.6) is 0 Å². The van der Waals surface area contributed by atoms with Gasteiger partial charge in [0.1, 0.15) is 0 Å². The molecule has 1 aliphatic rings. The number of hydrogen-bond donors (Lipinski definition) is 1. The Hall–Kier alpha value is -1.75. The molecule has 2 aromatic rings. The second kappa shape index (κ2) is 7.01. The van der Waals surface area contributed by atoms with E-state index in [1.807, 2.05) is 12.3 Å². The number of pyridine rings is 1. The molecule has 1 aliphatic heterocycles. The van der Waals surface area contributed by atoms with Gasteiger partial charge in [0.15, 0.2) is 0 Å². The summed E-state index contributed by atoms with van der Waals surface area (Å²) in [7, 11) is 0. The van der Waals surface area contributed by atoms with Crippen molar-refractivity contribution in [3.05, 3.63) is 54.4 Å². The fraction of sp³-hybridized carbons (Fsp3) is 0.389. The smallest absolute Gasteiger partial charge is 0.0933 e. The molecule has 1 N–H and O–H groups in total. The van der Waals surface area contributed by atoms with Crippen molar-refractivity contribution in [1.82, 2.24) is 9.88 Å². The van der Waals surface area contributed by atoms with Crippen LogP contribution in [0.4, 0.5) is 0 Å². The highest BCUT2D eigenvalue weighted by Gasteiger charge is 2.25. The number of ether oxygens (including phenoxy) is 1. The van der Waals surface area contributed by atoms with E-state index in [1.54, 1.807) is 6.20 Å². The summed E-state index contributed by atoms with van der Waals surface area (Å²) in [5.74, 6) is 0. The molecule has 0 spiro atoms. The summed E-state index contributed by atoms with van der Waals surface area (Å²) >= 11 is 0. The van der Waals surface area contributed by atoms with Gasteiger partial charge >= 0.3 is 0 Å². The van der Waals surface area contributed by atoms with E-state index in [2.05, 4.69) is 47.1 Å². The minimum atomic E-state index is -0.0716. The molecule has 0 bridgehead atoms. The molecule has 3 rings (SSSR count). The van der Waals surface area contributed by atoms with E-state index in [0.717, 1.165) is 18.7 Å². The van der Waals surface area contributed by atoms with Crippen molar-refractivity contribution in [3.8, 4) is 11.1 Å². The molecule has 0 amide bonds. The van der Waals surface area contributed by atoms with E-state index in [0.29, 0.717) is 12.6 Å². The van der Waals surface area contributed by atoms with Crippen molar-refractivity contribution >= 4 is 0 Å². The second-order valence-corrected chi connectivity index (χ2v) is 5.86.